The molecule has 0 aromatic heterocycles. The van der Waals surface area contributed by atoms with E-state index in [0.29, 0.717) is 18.9 Å². The highest BCUT2D eigenvalue weighted by molar-refractivity contribution is 5.82. The molecule has 0 unspecified atom stereocenters. The van der Waals surface area contributed by atoms with Crippen LogP contribution >= 0.6 is 0 Å². The molecule has 28 heavy (non-hydrogen) atoms. The summed E-state index contributed by atoms with van der Waals surface area (Å²) in [7, 11) is 0. The number of amides is 1. The Morgan fingerprint density at radius 2 is 1.75 bits per heavy atom. The lowest BCUT2D eigenvalue weighted by Crippen LogP contribution is -2.44. The van der Waals surface area contributed by atoms with E-state index in [0.717, 1.165) is 17.9 Å². The lowest BCUT2D eigenvalue weighted by Gasteiger charge is -2.27. The number of ether oxygens (including phenoxy) is 2. The van der Waals surface area contributed by atoms with Crippen LogP contribution in [0.1, 0.15) is 64.9 Å². The summed E-state index contributed by atoms with van der Waals surface area (Å²) in [4.78, 5) is 27.1. The van der Waals surface area contributed by atoms with E-state index >= 15 is 0 Å². The van der Waals surface area contributed by atoms with Crippen LogP contribution in [0.15, 0.2) is 30.3 Å². The summed E-state index contributed by atoms with van der Waals surface area (Å²) < 4.78 is 11.1. The topological polar surface area (TPSA) is 55.8 Å². The molecule has 1 aromatic carbocycles. The molecular formula is C23H33NO4. The maximum atomic E-state index is 12.8. The number of esters is 1. The minimum absolute atomic E-state index is 0.228. The molecule has 1 aliphatic carbocycles. The summed E-state index contributed by atoms with van der Waals surface area (Å²) in [6.07, 6.45) is 6.48. The van der Waals surface area contributed by atoms with Gasteiger partial charge in [-0.1, -0.05) is 56.0 Å². The van der Waals surface area contributed by atoms with E-state index in [4.69, 9.17) is 9.47 Å². The van der Waals surface area contributed by atoms with E-state index in [2.05, 4.69) is 0 Å². The highest BCUT2D eigenvalue weighted by atomic mass is 16.6. The first-order valence-electron chi connectivity index (χ1n) is 10.5. The molecule has 5 heteroatoms. The van der Waals surface area contributed by atoms with Gasteiger partial charge in [0.05, 0.1) is 0 Å². The summed E-state index contributed by atoms with van der Waals surface area (Å²) in [6.45, 7) is 6.35. The molecule has 1 heterocycles. The van der Waals surface area contributed by atoms with Crippen LogP contribution in [0.5, 0.6) is 0 Å². The number of nitrogens with zero attached hydrogens (tertiary/aromatic N) is 1. The Morgan fingerprint density at radius 3 is 2.39 bits per heavy atom. The standard InChI is InChI=1S/C23H33NO4/c1-23(2,3)28-22(26)24-15-19(13-17-9-7-8-10-17)14-20(24)21(25)27-16-18-11-5-4-6-12-18/h4-6,11-12,17,19-20H,7-10,13-16H2,1-3H3/t19-,20+/m1/s1. The smallest absolute Gasteiger partial charge is 0.411 e. The van der Waals surface area contributed by atoms with Crippen molar-refractivity contribution in [1.29, 1.82) is 0 Å². The fourth-order valence-electron chi connectivity index (χ4n) is 4.38. The van der Waals surface area contributed by atoms with Gasteiger partial charge < -0.3 is 9.47 Å². The predicted octanol–water partition coefficient (Wildman–Crippen LogP) is 4.94. The Morgan fingerprint density at radius 1 is 1.07 bits per heavy atom. The molecular weight excluding hydrogens is 354 g/mol. The summed E-state index contributed by atoms with van der Waals surface area (Å²) >= 11 is 0. The molecule has 0 N–H and O–H groups in total. The van der Waals surface area contributed by atoms with Crippen LogP contribution in [0.3, 0.4) is 0 Å². The lowest BCUT2D eigenvalue weighted by molar-refractivity contribution is -0.150. The molecule has 1 amide bonds. The van der Waals surface area contributed by atoms with Crippen molar-refractivity contribution in [3.63, 3.8) is 0 Å². The molecule has 154 valence electrons. The van der Waals surface area contributed by atoms with Crippen molar-refractivity contribution in [2.75, 3.05) is 6.54 Å². The highest BCUT2D eigenvalue weighted by Crippen LogP contribution is 2.36. The normalized spacial score (nSPS) is 23.0. The van der Waals surface area contributed by atoms with Gasteiger partial charge in [0.2, 0.25) is 0 Å². The average Bonchev–Trinajstić information content (AvgIpc) is 3.29. The molecule has 3 rings (SSSR count). The van der Waals surface area contributed by atoms with Gasteiger partial charge >= 0.3 is 12.1 Å². The number of benzene rings is 1. The van der Waals surface area contributed by atoms with Crippen molar-refractivity contribution in [2.45, 2.75) is 77.5 Å². The Balaban J connectivity index is 1.64. The molecule has 2 aliphatic rings. The summed E-state index contributed by atoms with van der Waals surface area (Å²) in [6, 6.07) is 9.07. The lowest BCUT2D eigenvalue weighted by atomic mass is 9.91. The molecule has 1 saturated carbocycles. The second kappa shape index (κ2) is 8.97. The minimum atomic E-state index is -0.584. The van der Waals surface area contributed by atoms with E-state index in [1.165, 1.54) is 25.7 Å². The maximum absolute atomic E-state index is 12.8. The Labute approximate surface area is 168 Å². The van der Waals surface area contributed by atoms with Gasteiger partial charge in [0.25, 0.3) is 0 Å². The molecule has 0 radical (unpaired) electrons. The quantitative estimate of drug-likeness (QED) is 0.672. The van der Waals surface area contributed by atoms with Crippen LogP contribution in [0.2, 0.25) is 0 Å². The monoisotopic (exact) mass is 387 g/mol. The Kier molecular flexibility index (Phi) is 6.63. The van der Waals surface area contributed by atoms with Crippen molar-refractivity contribution in [1.82, 2.24) is 4.90 Å². The van der Waals surface area contributed by atoms with Gasteiger partial charge in [0, 0.05) is 6.54 Å². The zero-order valence-electron chi connectivity index (χ0n) is 17.4. The SMILES string of the molecule is CC(C)(C)OC(=O)N1C[C@H](CC2CCCC2)C[C@H]1C(=O)OCc1ccccc1. The molecule has 1 aliphatic heterocycles. The molecule has 0 bridgehead atoms. The van der Waals surface area contributed by atoms with Crippen molar-refractivity contribution in [3.05, 3.63) is 35.9 Å². The van der Waals surface area contributed by atoms with Crippen LogP contribution in [-0.2, 0) is 20.9 Å². The third-order valence-electron chi connectivity index (χ3n) is 5.65. The van der Waals surface area contributed by atoms with Crippen molar-refractivity contribution in [2.24, 2.45) is 11.8 Å². The zero-order valence-corrected chi connectivity index (χ0v) is 17.4. The fraction of sp³-hybridized carbons (Fsp3) is 0.652. The van der Waals surface area contributed by atoms with E-state index in [1.807, 2.05) is 51.1 Å². The van der Waals surface area contributed by atoms with Gasteiger partial charge in [0.15, 0.2) is 0 Å². The van der Waals surface area contributed by atoms with Gasteiger partial charge in [-0.05, 0) is 51.0 Å². The fourth-order valence-corrected chi connectivity index (χ4v) is 4.38. The van der Waals surface area contributed by atoms with Gasteiger partial charge in [-0.15, -0.1) is 0 Å². The van der Waals surface area contributed by atoms with Gasteiger partial charge in [-0.2, -0.15) is 0 Å². The van der Waals surface area contributed by atoms with Crippen molar-refractivity contribution >= 4 is 12.1 Å². The van der Waals surface area contributed by atoms with Gasteiger partial charge in [-0.3, -0.25) is 4.90 Å². The molecule has 5 nitrogen and oxygen atoms in total. The largest absolute Gasteiger partial charge is 0.459 e. The molecule has 1 aromatic rings. The third-order valence-corrected chi connectivity index (χ3v) is 5.65. The minimum Gasteiger partial charge on any atom is -0.459 e. The second-order valence-corrected chi connectivity index (χ2v) is 9.23. The molecule has 2 atom stereocenters. The van der Waals surface area contributed by atoms with Gasteiger partial charge in [-0.25, -0.2) is 9.59 Å². The van der Waals surface area contributed by atoms with Crippen LogP contribution < -0.4 is 0 Å². The second-order valence-electron chi connectivity index (χ2n) is 9.23. The first-order valence-corrected chi connectivity index (χ1v) is 10.5. The highest BCUT2D eigenvalue weighted by Gasteiger charge is 2.43. The third kappa shape index (κ3) is 5.73. The van der Waals surface area contributed by atoms with Crippen LogP contribution in [0, 0.1) is 11.8 Å². The van der Waals surface area contributed by atoms with Crippen LogP contribution in [-0.4, -0.2) is 35.2 Å². The predicted molar refractivity (Wildman–Crippen MR) is 108 cm³/mol. The summed E-state index contributed by atoms with van der Waals surface area (Å²) in [5.74, 6) is 0.734. The number of rotatable bonds is 5. The van der Waals surface area contributed by atoms with Crippen LogP contribution in [0.4, 0.5) is 4.79 Å². The number of carbonyl (C=O) groups excluding carboxylic acids is 2. The summed E-state index contributed by atoms with van der Waals surface area (Å²) in [5, 5.41) is 0. The Hall–Kier alpha value is -2.04. The zero-order chi connectivity index (χ0) is 20.1. The van der Waals surface area contributed by atoms with Crippen molar-refractivity contribution in [3.8, 4) is 0 Å². The first-order chi connectivity index (χ1) is 13.3. The average molecular weight is 388 g/mol. The summed E-state index contributed by atoms with van der Waals surface area (Å²) in [5.41, 5.74) is 0.360. The maximum Gasteiger partial charge on any atom is 0.411 e. The first kappa shape index (κ1) is 20.7. The Bertz CT molecular complexity index is 661. The molecule has 1 saturated heterocycles. The molecule has 2 fully saturated rings. The number of hydrogen-bond donors (Lipinski definition) is 0. The number of likely N-dealkylation sites (tertiary alicyclic amines) is 1. The van der Waals surface area contributed by atoms with Gasteiger partial charge in [0.1, 0.15) is 18.2 Å². The van der Waals surface area contributed by atoms with E-state index in [-0.39, 0.29) is 12.6 Å². The van der Waals surface area contributed by atoms with Crippen LogP contribution in [0.25, 0.3) is 0 Å². The number of carbonyl (C=O) groups is 2. The number of hydrogen-bond acceptors (Lipinski definition) is 4. The van der Waals surface area contributed by atoms with Crippen molar-refractivity contribution < 1.29 is 19.1 Å². The molecule has 0 spiro atoms. The van der Waals surface area contributed by atoms with E-state index in [9.17, 15) is 9.59 Å². The van der Waals surface area contributed by atoms with E-state index in [1.54, 1.807) is 4.90 Å². The van der Waals surface area contributed by atoms with E-state index < -0.39 is 17.7 Å².